The third kappa shape index (κ3) is 6.17. The summed E-state index contributed by atoms with van der Waals surface area (Å²) in [6, 6.07) is 14.2. The lowest BCUT2D eigenvalue weighted by Gasteiger charge is -2.27. The highest BCUT2D eigenvalue weighted by Gasteiger charge is 2.21. The van der Waals surface area contributed by atoms with Crippen molar-refractivity contribution in [1.29, 1.82) is 0 Å². The average Bonchev–Trinajstić information content (AvgIpc) is 3.21. The number of hydrogen-bond acceptors (Lipinski definition) is 3. The Hall–Kier alpha value is -3.19. The predicted octanol–water partition coefficient (Wildman–Crippen LogP) is 3.76. The Kier molecular flexibility index (Phi) is 8.39. The summed E-state index contributed by atoms with van der Waals surface area (Å²) < 4.78 is 18.3. The normalized spacial score (nSPS) is 11.0. The lowest BCUT2D eigenvalue weighted by molar-refractivity contribution is -0.143. The smallest absolute Gasteiger partial charge is 0.249 e. The van der Waals surface area contributed by atoms with Crippen LogP contribution in [0, 0.1) is 5.82 Å². The number of H-pyrrole nitrogens is 1. The van der Waals surface area contributed by atoms with Gasteiger partial charge in [0.05, 0.1) is 6.54 Å². The van der Waals surface area contributed by atoms with E-state index in [0.29, 0.717) is 26.1 Å². The lowest BCUT2D eigenvalue weighted by atomic mass is 10.1. The van der Waals surface area contributed by atoms with Gasteiger partial charge in [0.2, 0.25) is 11.8 Å². The van der Waals surface area contributed by atoms with Gasteiger partial charge in [0.15, 0.2) is 0 Å². The highest BCUT2D eigenvalue weighted by Crippen LogP contribution is 2.19. The molecule has 0 atom stereocenters. The first-order chi connectivity index (χ1) is 15.5. The van der Waals surface area contributed by atoms with E-state index in [1.807, 2.05) is 31.3 Å². The first-order valence-corrected chi connectivity index (χ1v) is 10.9. The zero-order valence-corrected chi connectivity index (χ0v) is 18.6. The number of rotatable bonds is 11. The van der Waals surface area contributed by atoms with Gasteiger partial charge >= 0.3 is 0 Å². The van der Waals surface area contributed by atoms with Crippen LogP contribution >= 0.6 is 0 Å². The van der Waals surface area contributed by atoms with E-state index in [-0.39, 0.29) is 30.8 Å². The van der Waals surface area contributed by atoms with Crippen LogP contribution in [0.4, 0.5) is 4.39 Å². The molecular formula is C25H30FN3O3. The molecule has 0 unspecified atom stereocenters. The van der Waals surface area contributed by atoms with Crippen LogP contribution in [0.15, 0.2) is 54.7 Å². The van der Waals surface area contributed by atoms with Gasteiger partial charge < -0.3 is 19.5 Å². The Morgan fingerprint density at radius 1 is 1.00 bits per heavy atom. The maximum absolute atomic E-state index is 13.3. The fourth-order valence-corrected chi connectivity index (χ4v) is 3.74. The largest absolute Gasteiger partial charge is 0.375 e. The van der Waals surface area contributed by atoms with Crippen LogP contribution < -0.4 is 0 Å². The van der Waals surface area contributed by atoms with Gasteiger partial charge in [-0.1, -0.05) is 37.3 Å². The van der Waals surface area contributed by atoms with Crippen molar-refractivity contribution < 1.29 is 18.7 Å². The number of methoxy groups -OCH3 is 1. The second kappa shape index (κ2) is 11.4. The number of para-hydroxylation sites is 1. The van der Waals surface area contributed by atoms with E-state index in [4.69, 9.17) is 4.74 Å². The van der Waals surface area contributed by atoms with Gasteiger partial charge in [0, 0.05) is 43.8 Å². The van der Waals surface area contributed by atoms with Crippen LogP contribution in [0.2, 0.25) is 0 Å². The van der Waals surface area contributed by atoms with Crippen LogP contribution in [0.3, 0.4) is 0 Å². The molecule has 0 bridgehead atoms. The van der Waals surface area contributed by atoms with Crippen molar-refractivity contribution in [2.24, 2.45) is 0 Å². The number of aromatic nitrogens is 1. The fourth-order valence-electron chi connectivity index (χ4n) is 3.74. The molecule has 0 radical (unpaired) electrons. The van der Waals surface area contributed by atoms with E-state index in [1.54, 1.807) is 17.0 Å². The molecule has 0 saturated heterocycles. The fraction of sp³-hybridized carbons (Fsp3) is 0.360. The Labute approximate surface area is 188 Å². The molecule has 1 N–H and O–H groups in total. The van der Waals surface area contributed by atoms with Crippen molar-refractivity contribution >= 4 is 22.7 Å². The predicted molar refractivity (Wildman–Crippen MR) is 123 cm³/mol. The van der Waals surface area contributed by atoms with E-state index in [9.17, 15) is 14.0 Å². The molecule has 0 aliphatic heterocycles. The molecule has 0 saturated carbocycles. The number of hydrogen-bond donors (Lipinski definition) is 1. The van der Waals surface area contributed by atoms with Crippen LogP contribution in [0.5, 0.6) is 0 Å². The summed E-state index contributed by atoms with van der Waals surface area (Å²) >= 11 is 0. The first kappa shape index (κ1) is 23.5. The maximum atomic E-state index is 13.3. The van der Waals surface area contributed by atoms with Crippen LogP contribution in [0.25, 0.3) is 10.9 Å². The molecule has 0 fully saturated rings. The molecule has 1 aromatic heterocycles. The van der Waals surface area contributed by atoms with Crippen molar-refractivity contribution in [2.45, 2.75) is 26.3 Å². The Morgan fingerprint density at radius 2 is 1.75 bits per heavy atom. The minimum Gasteiger partial charge on any atom is -0.375 e. The highest BCUT2D eigenvalue weighted by molar-refractivity contribution is 5.86. The van der Waals surface area contributed by atoms with Crippen molar-refractivity contribution in [2.75, 3.05) is 33.4 Å². The van der Waals surface area contributed by atoms with Gasteiger partial charge in [-0.15, -0.1) is 0 Å². The van der Waals surface area contributed by atoms with E-state index in [0.717, 1.165) is 28.5 Å². The molecule has 0 spiro atoms. The molecule has 6 nitrogen and oxygen atoms in total. The summed E-state index contributed by atoms with van der Waals surface area (Å²) in [5.74, 6) is -0.669. The van der Waals surface area contributed by atoms with Gasteiger partial charge in [-0.2, -0.15) is 0 Å². The number of aromatic amines is 1. The number of halogens is 1. The molecule has 170 valence electrons. The monoisotopic (exact) mass is 439 g/mol. The first-order valence-electron chi connectivity index (χ1n) is 10.9. The zero-order valence-electron chi connectivity index (χ0n) is 18.6. The van der Waals surface area contributed by atoms with Gasteiger partial charge in [0.25, 0.3) is 0 Å². The minimum atomic E-state index is -0.315. The number of nitrogens with zero attached hydrogens (tertiary/aromatic N) is 2. The van der Waals surface area contributed by atoms with Gasteiger partial charge in [-0.3, -0.25) is 9.59 Å². The molecule has 3 aromatic rings. The van der Waals surface area contributed by atoms with Crippen molar-refractivity contribution in [3.05, 3.63) is 71.7 Å². The topological polar surface area (TPSA) is 65.6 Å². The molecular weight excluding hydrogens is 409 g/mol. The minimum absolute atomic E-state index is 0.00882. The molecule has 7 heteroatoms. The number of nitrogens with one attached hydrogen (secondary N) is 1. The molecule has 0 aliphatic carbocycles. The second-order valence-corrected chi connectivity index (χ2v) is 7.80. The standard InChI is InChI=1S/C25H30FN3O3/c1-3-13-28(25(31)18-32-2)17-24(30)29(16-19-8-10-21(26)11-9-19)14-12-20-15-27-23-7-5-4-6-22(20)23/h4-11,15,27H,3,12-14,16-18H2,1-2H3. The second-order valence-electron chi connectivity index (χ2n) is 7.80. The van der Waals surface area contributed by atoms with Crippen molar-refractivity contribution in [1.82, 2.24) is 14.8 Å². The van der Waals surface area contributed by atoms with E-state index in [2.05, 4.69) is 11.1 Å². The highest BCUT2D eigenvalue weighted by atomic mass is 19.1. The molecule has 2 amide bonds. The van der Waals surface area contributed by atoms with Gasteiger partial charge in [-0.25, -0.2) is 4.39 Å². The number of amides is 2. The zero-order chi connectivity index (χ0) is 22.9. The summed E-state index contributed by atoms with van der Waals surface area (Å²) in [5, 5.41) is 1.13. The number of benzene rings is 2. The lowest BCUT2D eigenvalue weighted by Crippen LogP contribution is -2.44. The Morgan fingerprint density at radius 3 is 2.47 bits per heavy atom. The van der Waals surface area contributed by atoms with Crippen LogP contribution in [0.1, 0.15) is 24.5 Å². The van der Waals surface area contributed by atoms with Gasteiger partial charge in [-0.05, 0) is 42.2 Å². The SMILES string of the molecule is CCCN(CC(=O)N(CCc1c[nH]c2ccccc12)Cc1ccc(F)cc1)C(=O)COC. The molecule has 32 heavy (non-hydrogen) atoms. The van der Waals surface area contributed by atoms with Gasteiger partial charge in [0.1, 0.15) is 12.4 Å². The van der Waals surface area contributed by atoms with Crippen molar-refractivity contribution in [3.8, 4) is 0 Å². The quantitative estimate of drug-likeness (QED) is 0.495. The number of carbonyl (C=O) groups is 2. The molecule has 3 rings (SSSR count). The third-order valence-electron chi connectivity index (χ3n) is 5.41. The van der Waals surface area contributed by atoms with Crippen LogP contribution in [-0.2, 0) is 27.3 Å². The van der Waals surface area contributed by atoms with E-state index in [1.165, 1.54) is 24.1 Å². The molecule has 0 aliphatic rings. The Bertz CT molecular complexity index is 1030. The van der Waals surface area contributed by atoms with E-state index < -0.39 is 0 Å². The average molecular weight is 440 g/mol. The maximum Gasteiger partial charge on any atom is 0.249 e. The summed E-state index contributed by atoms with van der Waals surface area (Å²) in [6.45, 7) is 3.22. The number of carbonyl (C=O) groups excluding carboxylic acids is 2. The molecule has 1 heterocycles. The summed E-state index contributed by atoms with van der Waals surface area (Å²) in [4.78, 5) is 32.1. The third-order valence-corrected chi connectivity index (χ3v) is 5.41. The van der Waals surface area contributed by atoms with E-state index >= 15 is 0 Å². The summed E-state index contributed by atoms with van der Waals surface area (Å²) in [7, 11) is 1.46. The summed E-state index contributed by atoms with van der Waals surface area (Å²) in [6.07, 6.45) is 3.38. The number of fused-ring (bicyclic) bond motifs is 1. The number of ether oxygens (including phenoxy) is 1. The van der Waals surface area contributed by atoms with Crippen molar-refractivity contribution in [3.63, 3.8) is 0 Å². The van der Waals surface area contributed by atoms with Crippen LogP contribution in [-0.4, -0.2) is 59.9 Å². The molecule has 2 aromatic carbocycles. The Balaban J connectivity index is 1.76. The summed E-state index contributed by atoms with van der Waals surface area (Å²) in [5.41, 5.74) is 3.01.